The van der Waals surface area contributed by atoms with Crippen molar-refractivity contribution >= 4 is 59.8 Å². The minimum absolute atomic E-state index is 0.0569. The van der Waals surface area contributed by atoms with Crippen molar-refractivity contribution in [3.63, 3.8) is 0 Å². The van der Waals surface area contributed by atoms with Crippen molar-refractivity contribution in [1.29, 1.82) is 0 Å². The van der Waals surface area contributed by atoms with Gasteiger partial charge in [-0.1, -0.05) is 52.7 Å². The van der Waals surface area contributed by atoms with E-state index in [4.69, 9.17) is 19.9 Å². The van der Waals surface area contributed by atoms with Gasteiger partial charge in [0.2, 0.25) is 41.4 Å². The zero-order valence-corrected chi connectivity index (χ0v) is 39.5. The topological polar surface area (TPSA) is 428 Å². The average Bonchev–Trinajstić information content (AvgIpc) is 3.87. The first-order valence-electron chi connectivity index (χ1n) is 22.4. The van der Waals surface area contributed by atoms with Gasteiger partial charge in [-0.2, -0.15) is 0 Å². The first kappa shape index (κ1) is 56.5. The number of carbonyl (C=O) groups is 8. The molecule has 3 aliphatic heterocycles. The van der Waals surface area contributed by atoms with E-state index in [-0.39, 0.29) is 30.2 Å². The number of alkyl carbamates (subject to hydrolysis) is 1. The number of benzene rings is 2. The van der Waals surface area contributed by atoms with Gasteiger partial charge in [0.05, 0.1) is 43.0 Å². The minimum Gasteiger partial charge on any atom is -0.504 e. The summed E-state index contributed by atoms with van der Waals surface area (Å²) in [4.78, 5) is 112. The van der Waals surface area contributed by atoms with Crippen LogP contribution >= 0.6 is 12.3 Å². The number of fused-ring (bicyclic) bond motifs is 2. The fraction of sp³-hybridized carbons (Fsp3) is 0.535. The van der Waals surface area contributed by atoms with E-state index < -0.39 is 177 Å². The molecule has 5 rings (SSSR count). The molecule has 3 fully saturated rings. The number of nitrogens with two attached hydrogens (primary N) is 1. The van der Waals surface area contributed by atoms with Gasteiger partial charge in [0, 0.05) is 44.8 Å². The highest BCUT2D eigenvalue weighted by Crippen LogP contribution is 2.31. The highest BCUT2D eigenvalue weighted by molar-refractivity contribution is 7.90. The van der Waals surface area contributed by atoms with Crippen LogP contribution in [-0.4, -0.2) is 191 Å². The van der Waals surface area contributed by atoms with E-state index in [2.05, 4.69) is 36.0 Å². The molecule has 8 amide bonds. The Labute approximate surface area is 414 Å². The quantitative estimate of drug-likeness (QED) is 0.0365. The lowest BCUT2D eigenvalue weighted by atomic mass is 9.98. The Morgan fingerprint density at radius 1 is 0.819 bits per heavy atom. The van der Waals surface area contributed by atoms with Crippen LogP contribution in [0.15, 0.2) is 48.5 Å². The first-order chi connectivity index (χ1) is 34.1. The SMILES string of the molecule is CC(O)C1NC(=O)C(NC(=O)OCc2ccccc2)CC(O)CNC(=O)C2C(O)C(C)CN2C(=O)C(C(O)CC(N)=O)NC(=O)C(C(O)Cc2ccc(O)c(OSOOO)c2)NC(=O)C2CC(O)CN2C1=O. The van der Waals surface area contributed by atoms with Crippen molar-refractivity contribution < 1.29 is 97.7 Å². The molecule has 3 heterocycles. The van der Waals surface area contributed by atoms with Crippen LogP contribution < -0.4 is 36.5 Å². The van der Waals surface area contributed by atoms with E-state index in [1.165, 1.54) is 13.0 Å². The van der Waals surface area contributed by atoms with Gasteiger partial charge in [0.15, 0.2) is 11.5 Å². The lowest BCUT2D eigenvalue weighted by molar-refractivity contribution is -0.433. The zero-order valence-electron chi connectivity index (χ0n) is 38.6. The van der Waals surface area contributed by atoms with Crippen LogP contribution in [0.25, 0.3) is 0 Å². The third-order valence-electron chi connectivity index (χ3n) is 12.0. The Balaban J connectivity index is 1.56. The zero-order chi connectivity index (χ0) is 53.0. The van der Waals surface area contributed by atoms with E-state index >= 15 is 0 Å². The van der Waals surface area contributed by atoms with E-state index in [1.54, 1.807) is 30.3 Å². The van der Waals surface area contributed by atoms with Crippen LogP contribution in [0, 0.1) is 5.92 Å². The van der Waals surface area contributed by atoms with Crippen molar-refractivity contribution in [2.45, 2.75) is 119 Å². The third-order valence-corrected chi connectivity index (χ3v) is 12.4. The number of phenolic OH excluding ortho intramolecular Hbond substituents is 1. The molecule has 2 aromatic rings. The molecule has 0 aliphatic carbocycles. The summed E-state index contributed by atoms with van der Waals surface area (Å²) in [7, 11) is 0. The summed E-state index contributed by atoms with van der Waals surface area (Å²) in [5, 5.41) is 101. The van der Waals surface area contributed by atoms with E-state index in [0.717, 1.165) is 28.9 Å². The van der Waals surface area contributed by atoms with Gasteiger partial charge in [-0.3, -0.25) is 33.6 Å². The number of hydrogen-bond acceptors (Lipinski definition) is 21. The predicted molar refractivity (Wildman–Crippen MR) is 242 cm³/mol. The standard InChI is InChI=1S/C43H58N8O20S/c1-19-16-51-35(36(19)59)40(63)45-15-23(53)12-25(46-43(66)68-18-21-6-4-3-5-7-21)37(60)47-32(20(2)52)41(64)50-17-24(54)13-26(50)38(61)48-33(39(62)49-34(42(51)65)29(57)14-31(44)58)28(56)10-22-8-9-27(55)30(11-22)69-72-71-70-67/h3-9,11,19-20,23-26,28-29,32-36,52-57,59,67H,10,12-18H2,1-2H3,(H2,44,58)(H,45,63)(H,46,66)(H,47,60)(H,48,61)(H,49,62). The number of aliphatic hydroxyl groups excluding tert-OH is 6. The van der Waals surface area contributed by atoms with Crippen molar-refractivity contribution in [3.05, 3.63) is 59.7 Å². The number of aromatic hydroxyl groups is 1. The second-order valence-corrected chi connectivity index (χ2v) is 17.9. The maximum atomic E-state index is 14.5. The lowest BCUT2D eigenvalue weighted by Gasteiger charge is -2.33. The molecule has 0 spiro atoms. The van der Waals surface area contributed by atoms with E-state index in [0.29, 0.717) is 5.56 Å². The third kappa shape index (κ3) is 14.8. The number of amides is 8. The Morgan fingerprint density at radius 2 is 1.49 bits per heavy atom. The largest absolute Gasteiger partial charge is 0.504 e. The summed E-state index contributed by atoms with van der Waals surface area (Å²) in [5.74, 6) is -10.2. The van der Waals surface area contributed by atoms with E-state index in [9.17, 15) is 74.1 Å². The predicted octanol–water partition coefficient (Wildman–Crippen LogP) is -4.92. The number of nitrogens with one attached hydrogen (secondary N) is 5. The summed E-state index contributed by atoms with van der Waals surface area (Å²) < 4.78 is 14.5. The average molecular weight is 1040 g/mol. The molecule has 15 N–H and O–H groups in total. The van der Waals surface area contributed by atoms with Gasteiger partial charge in [-0.15, -0.1) is 0 Å². The number of carbonyl (C=O) groups excluding carboxylic acids is 8. The number of phenols is 1. The Hall–Kier alpha value is -6.41. The number of primary amides is 1. The summed E-state index contributed by atoms with van der Waals surface area (Å²) in [5.41, 5.74) is 6.00. The molecular weight excluding hydrogens is 981 g/mol. The van der Waals surface area contributed by atoms with Gasteiger partial charge in [-0.05, 0) is 30.2 Å². The monoisotopic (exact) mass is 1040 g/mol. The maximum Gasteiger partial charge on any atom is 0.408 e. The Kier molecular flexibility index (Phi) is 20.3. The molecule has 28 nitrogen and oxygen atoms in total. The number of aliphatic hydroxyl groups is 6. The fourth-order valence-electron chi connectivity index (χ4n) is 8.32. The highest BCUT2D eigenvalue weighted by atomic mass is 32.2. The van der Waals surface area contributed by atoms with Crippen molar-refractivity contribution in [1.82, 2.24) is 36.4 Å². The number of β-amino-alcohol motifs (C(OH)–C–C–N with tert-alkyl or cyclic N) is 1. The molecular formula is C43H58N8O20S. The highest BCUT2D eigenvalue weighted by Gasteiger charge is 2.50. The van der Waals surface area contributed by atoms with Crippen LogP contribution in [0.2, 0.25) is 0 Å². The summed E-state index contributed by atoms with van der Waals surface area (Å²) in [6.45, 7) is 0.604. The molecule has 13 atom stereocenters. The van der Waals surface area contributed by atoms with Gasteiger partial charge in [0.1, 0.15) is 42.9 Å². The van der Waals surface area contributed by atoms with Crippen LogP contribution in [-0.2, 0) is 60.7 Å². The molecule has 0 radical (unpaired) electrons. The van der Waals surface area contributed by atoms with Crippen molar-refractivity contribution in [2.24, 2.45) is 11.7 Å². The number of hydrogen-bond donors (Lipinski definition) is 14. The molecule has 29 heteroatoms. The second-order valence-electron chi connectivity index (χ2n) is 17.5. The van der Waals surface area contributed by atoms with Crippen molar-refractivity contribution in [3.8, 4) is 11.5 Å². The maximum absolute atomic E-state index is 14.5. The molecule has 0 saturated carbocycles. The first-order valence-corrected chi connectivity index (χ1v) is 23.0. The van der Waals surface area contributed by atoms with Crippen LogP contribution in [0.1, 0.15) is 44.2 Å². The minimum atomic E-state index is -2.20. The number of ether oxygens (including phenoxy) is 1. The molecule has 13 unspecified atom stereocenters. The van der Waals surface area contributed by atoms with Crippen LogP contribution in [0.3, 0.4) is 0 Å². The molecule has 396 valence electrons. The molecule has 72 heavy (non-hydrogen) atoms. The number of nitrogens with zero attached hydrogens (tertiary/aromatic N) is 2. The molecule has 3 aliphatic rings. The van der Waals surface area contributed by atoms with Gasteiger partial charge < -0.3 is 86.8 Å². The lowest BCUT2D eigenvalue weighted by Crippen LogP contribution is -2.64. The van der Waals surface area contributed by atoms with E-state index in [1.807, 2.05) is 0 Å². The second kappa shape index (κ2) is 25.8. The molecule has 3 saturated heterocycles. The van der Waals surface area contributed by atoms with Crippen molar-refractivity contribution in [2.75, 3.05) is 19.6 Å². The Bertz CT molecular complexity index is 2270. The summed E-state index contributed by atoms with van der Waals surface area (Å²) in [6.07, 6.45) is -14.7. The summed E-state index contributed by atoms with van der Waals surface area (Å²) in [6, 6.07) is 0.268. The molecule has 0 aromatic heterocycles. The smallest absolute Gasteiger partial charge is 0.408 e. The molecule has 0 bridgehead atoms. The fourth-order valence-corrected chi connectivity index (χ4v) is 8.58. The Morgan fingerprint density at radius 3 is 2.15 bits per heavy atom. The van der Waals surface area contributed by atoms with Crippen LogP contribution in [0.5, 0.6) is 11.5 Å². The summed E-state index contributed by atoms with van der Waals surface area (Å²) >= 11 is 0.0569. The number of rotatable bonds is 14. The molecule has 2 aromatic carbocycles. The van der Waals surface area contributed by atoms with Gasteiger partial charge in [-0.25, -0.2) is 10.1 Å². The van der Waals surface area contributed by atoms with Crippen LogP contribution in [0.4, 0.5) is 4.79 Å². The van der Waals surface area contributed by atoms with Gasteiger partial charge >= 0.3 is 6.09 Å². The normalized spacial score (nSPS) is 28.2. The van der Waals surface area contributed by atoms with Gasteiger partial charge in [0.25, 0.3) is 12.3 Å².